The highest BCUT2D eigenvalue weighted by Crippen LogP contribution is 2.23. The van der Waals surface area contributed by atoms with E-state index in [1.54, 1.807) is 6.20 Å². The van der Waals surface area contributed by atoms with Gasteiger partial charge in [0, 0.05) is 19.4 Å². The van der Waals surface area contributed by atoms with E-state index < -0.39 is 0 Å². The summed E-state index contributed by atoms with van der Waals surface area (Å²) in [5, 5.41) is 0. The molecular weight excluding hydrogens is 202 g/mol. The van der Waals surface area contributed by atoms with Crippen LogP contribution in [-0.2, 0) is 13.7 Å². The number of nitrogen functional groups attached to an aromatic ring is 1. The van der Waals surface area contributed by atoms with Gasteiger partial charge in [-0.1, -0.05) is 6.07 Å². The van der Waals surface area contributed by atoms with E-state index in [0.29, 0.717) is 18.0 Å². The van der Waals surface area contributed by atoms with Gasteiger partial charge < -0.3 is 15.0 Å². The maximum atomic E-state index is 5.81. The Morgan fingerprint density at radius 2 is 2.25 bits per heavy atom. The molecule has 4 nitrogen and oxygen atoms in total. The second-order valence-corrected chi connectivity index (χ2v) is 3.78. The van der Waals surface area contributed by atoms with Crippen LogP contribution in [0.25, 0.3) is 0 Å². The third-order valence-electron chi connectivity index (χ3n) is 2.45. The summed E-state index contributed by atoms with van der Waals surface area (Å²) in [5.41, 5.74) is 7.60. The van der Waals surface area contributed by atoms with E-state index in [2.05, 4.69) is 4.98 Å². The van der Waals surface area contributed by atoms with Gasteiger partial charge in [0.15, 0.2) is 0 Å². The first-order valence-corrected chi connectivity index (χ1v) is 5.12. The van der Waals surface area contributed by atoms with Crippen molar-refractivity contribution in [3.8, 4) is 5.75 Å². The first kappa shape index (κ1) is 10.5. The molecule has 1 heterocycles. The van der Waals surface area contributed by atoms with E-state index in [0.717, 1.165) is 11.4 Å². The van der Waals surface area contributed by atoms with Crippen LogP contribution in [0.2, 0.25) is 0 Å². The summed E-state index contributed by atoms with van der Waals surface area (Å²) < 4.78 is 7.56. The van der Waals surface area contributed by atoms with E-state index in [4.69, 9.17) is 10.5 Å². The molecule has 0 radical (unpaired) electrons. The van der Waals surface area contributed by atoms with Crippen LogP contribution in [0.4, 0.5) is 5.69 Å². The number of imidazole rings is 1. The minimum absolute atomic E-state index is 0.428. The highest BCUT2D eigenvalue weighted by molar-refractivity contribution is 5.53. The molecule has 0 aliphatic carbocycles. The molecule has 0 unspecified atom stereocenters. The maximum absolute atomic E-state index is 5.81. The smallest absolute Gasteiger partial charge is 0.146 e. The number of ether oxygens (including phenoxy) is 1. The zero-order chi connectivity index (χ0) is 11.5. The molecule has 1 aromatic carbocycles. The molecule has 2 N–H and O–H groups in total. The van der Waals surface area contributed by atoms with Crippen molar-refractivity contribution in [3.63, 3.8) is 0 Å². The zero-order valence-electron chi connectivity index (χ0n) is 9.47. The Bertz CT molecular complexity index is 491. The number of anilines is 1. The molecule has 4 heteroatoms. The first-order valence-electron chi connectivity index (χ1n) is 5.12. The van der Waals surface area contributed by atoms with Gasteiger partial charge in [0.25, 0.3) is 0 Å². The van der Waals surface area contributed by atoms with Gasteiger partial charge in [0.05, 0.1) is 5.69 Å². The maximum Gasteiger partial charge on any atom is 0.146 e. The van der Waals surface area contributed by atoms with Crippen molar-refractivity contribution in [2.45, 2.75) is 13.5 Å². The summed E-state index contributed by atoms with van der Waals surface area (Å²) in [7, 11) is 1.94. The molecule has 0 amide bonds. The van der Waals surface area contributed by atoms with Crippen LogP contribution < -0.4 is 10.5 Å². The quantitative estimate of drug-likeness (QED) is 0.799. The average molecular weight is 217 g/mol. The molecule has 0 aliphatic heterocycles. The molecular formula is C12H15N3O. The highest BCUT2D eigenvalue weighted by Gasteiger charge is 2.03. The Kier molecular flexibility index (Phi) is 2.81. The second kappa shape index (κ2) is 4.26. The predicted octanol–water partition coefficient (Wildman–Crippen LogP) is 1.89. The van der Waals surface area contributed by atoms with Crippen molar-refractivity contribution in [1.82, 2.24) is 9.55 Å². The second-order valence-electron chi connectivity index (χ2n) is 3.78. The summed E-state index contributed by atoms with van der Waals surface area (Å²) >= 11 is 0. The fraction of sp³-hybridized carbons (Fsp3) is 0.250. The zero-order valence-corrected chi connectivity index (χ0v) is 9.47. The van der Waals surface area contributed by atoms with Crippen LogP contribution in [0.1, 0.15) is 11.4 Å². The number of aromatic nitrogens is 2. The van der Waals surface area contributed by atoms with Crippen LogP contribution in [0, 0.1) is 6.92 Å². The molecule has 16 heavy (non-hydrogen) atoms. The van der Waals surface area contributed by atoms with Gasteiger partial charge in [-0.15, -0.1) is 0 Å². The molecule has 0 atom stereocenters. The van der Waals surface area contributed by atoms with Gasteiger partial charge in [0.2, 0.25) is 0 Å². The Morgan fingerprint density at radius 3 is 2.94 bits per heavy atom. The van der Waals surface area contributed by atoms with Gasteiger partial charge in [-0.3, -0.25) is 0 Å². The fourth-order valence-corrected chi connectivity index (χ4v) is 1.44. The van der Waals surface area contributed by atoms with Gasteiger partial charge in [-0.25, -0.2) is 4.98 Å². The van der Waals surface area contributed by atoms with Gasteiger partial charge in [0.1, 0.15) is 18.2 Å². The number of benzene rings is 1. The predicted molar refractivity (Wildman–Crippen MR) is 63.1 cm³/mol. The third kappa shape index (κ3) is 2.16. The van der Waals surface area contributed by atoms with Gasteiger partial charge >= 0.3 is 0 Å². The number of nitrogens with zero attached hydrogens (tertiary/aromatic N) is 2. The van der Waals surface area contributed by atoms with E-state index >= 15 is 0 Å². The topological polar surface area (TPSA) is 53.1 Å². The summed E-state index contributed by atoms with van der Waals surface area (Å²) in [6, 6.07) is 5.74. The molecule has 0 aliphatic rings. The summed E-state index contributed by atoms with van der Waals surface area (Å²) in [6.45, 7) is 2.43. The van der Waals surface area contributed by atoms with Gasteiger partial charge in [-0.05, 0) is 24.6 Å². The van der Waals surface area contributed by atoms with Crippen molar-refractivity contribution in [1.29, 1.82) is 0 Å². The van der Waals surface area contributed by atoms with Crippen molar-refractivity contribution < 1.29 is 4.74 Å². The molecule has 0 spiro atoms. The van der Waals surface area contributed by atoms with Crippen LogP contribution in [-0.4, -0.2) is 9.55 Å². The Morgan fingerprint density at radius 1 is 1.44 bits per heavy atom. The first-order chi connectivity index (χ1) is 7.66. The monoisotopic (exact) mass is 217 g/mol. The van der Waals surface area contributed by atoms with Crippen molar-refractivity contribution in [2.24, 2.45) is 7.05 Å². The van der Waals surface area contributed by atoms with E-state index in [9.17, 15) is 0 Å². The molecule has 2 aromatic rings. The van der Waals surface area contributed by atoms with Crippen LogP contribution in [0.3, 0.4) is 0 Å². The SMILES string of the molecule is Cc1ccc(N)c(OCc2nccn2C)c1. The average Bonchev–Trinajstić information content (AvgIpc) is 2.66. The number of aryl methyl sites for hydroxylation is 2. The Labute approximate surface area is 94.7 Å². The summed E-state index contributed by atoms with van der Waals surface area (Å²) in [6.07, 6.45) is 3.64. The van der Waals surface area contributed by atoms with Crippen LogP contribution >= 0.6 is 0 Å². The lowest BCUT2D eigenvalue weighted by Gasteiger charge is -2.09. The number of hydrogen-bond acceptors (Lipinski definition) is 3. The van der Waals surface area contributed by atoms with Crippen molar-refractivity contribution in [2.75, 3.05) is 5.73 Å². The minimum atomic E-state index is 0.428. The highest BCUT2D eigenvalue weighted by atomic mass is 16.5. The normalized spacial score (nSPS) is 10.4. The molecule has 1 aromatic heterocycles. The van der Waals surface area contributed by atoms with Crippen LogP contribution in [0.15, 0.2) is 30.6 Å². The molecule has 0 fully saturated rings. The van der Waals surface area contributed by atoms with Crippen LogP contribution in [0.5, 0.6) is 5.75 Å². The molecule has 0 saturated heterocycles. The fourth-order valence-electron chi connectivity index (χ4n) is 1.44. The molecule has 0 bridgehead atoms. The van der Waals surface area contributed by atoms with E-state index in [1.807, 2.05) is 42.9 Å². The van der Waals surface area contributed by atoms with Crippen molar-refractivity contribution >= 4 is 5.69 Å². The summed E-state index contributed by atoms with van der Waals surface area (Å²) in [4.78, 5) is 4.18. The van der Waals surface area contributed by atoms with Crippen molar-refractivity contribution in [3.05, 3.63) is 42.0 Å². The number of rotatable bonds is 3. The largest absolute Gasteiger partial charge is 0.484 e. The molecule has 84 valence electrons. The third-order valence-corrected chi connectivity index (χ3v) is 2.45. The minimum Gasteiger partial charge on any atom is -0.484 e. The van der Waals surface area contributed by atoms with E-state index in [-0.39, 0.29) is 0 Å². The lowest BCUT2D eigenvalue weighted by atomic mass is 10.2. The Balaban J connectivity index is 2.10. The number of hydrogen-bond donors (Lipinski definition) is 1. The lowest BCUT2D eigenvalue weighted by Crippen LogP contribution is -2.04. The number of nitrogens with two attached hydrogens (primary N) is 1. The lowest BCUT2D eigenvalue weighted by molar-refractivity contribution is 0.293. The molecule has 2 rings (SSSR count). The standard InChI is InChI=1S/C12H15N3O/c1-9-3-4-10(13)11(7-9)16-8-12-14-5-6-15(12)2/h3-7H,8,13H2,1-2H3. The van der Waals surface area contributed by atoms with E-state index in [1.165, 1.54) is 0 Å². The Hall–Kier alpha value is -1.97. The summed E-state index contributed by atoms with van der Waals surface area (Å²) in [5.74, 6) is 1.59. The van der Waals surface area contributed by atoms with Gasteiger partial charge in [-0.2, -0.15) is 0 Å². The molecule has 0 saturated carbocycles.